The number of nitrogens with zero attached hydrogens (tertiary/aromatic N) is 4. The van der Waals surface area contributed by atoms with Gasteiger partial charge in [-0.05, 0) is 36.9 Å². The lowest BCUT2D eigenvalue weighted by atomic mass is 9.88. The van der Waals surface area contributed by atoms with Crippen LogP contribution in [0.3, 0.4) is 0 Å². The lowest BCUT2D eigenvalue weighted by Crippen LogP contribution is -2.52. The monoisotopic (exact) mass is 316 g/mol. The first-order valence-corrected chi connectivity index (χ1v) is 9.07. The van der Waals surface area contributed by atoms with Crippen molar-refractivity contribution in [2.45, 2.75) is 45.1 Å². The Bertz CT molecular complexity index is 489. The minimum atomic E-state index is 0.181. The average molecular weight is 316 g/mol. The van der Waals surface area contributed by atoms with Crippen molar-refractivity contribution in [2.75, 3.05) is 51.2 Å². The number of hydrogen-bond acceptors (Lipinski definition) is 4. The van der Waals surface area contributed by atoms with Crippen LogP contribution in [0.2, 0.25) is 0 Å². The minimum Gasteiger partial charge on any atom is -0.357 e. The first kappa shape index (κ1) is 16.7. The Morgan fingerprint density at radius 3 is 2.13 bits per heavy atom. The fraction of sp³-hybridized carbons (Fsp3) is 0.737. The molecule has 0 bridgehead atoms. The zero-order valence-corrected chi connectivity index (χ0v) is 15.3. The molecular weight excluding hydrogens is 284 g/mol. The Morgan fingerprint density at radius 1 is 0.957 bits per heavy atom. The van der Waals surface area contributed by atoms with Gasteiger partial charge >= 0.3 is 0 Å². The Kier molecular flexibility index (Phi) is 4.93. The second-order valence-electron chi connectivity index (χ2n) is 8.21. The van der Waals surface area contributed by atoms with Crippen LogP contribution in [-0.2, 0) is 5.41 Å². The van der Waals surface area contributed by atoms with Crippen LogP contribution in [0.15, 0.2) is 18.3 Å². The number of anilines is 1. The summed E-state index contributed by atoms with van der Waals surface area (Å²) >= 11 is 0. The third kappa shape index (κ3) is 4.04. The molecule has 0 unspecified atom stereocenters. The van der Waals surface area contributed by atoms with E-state index in [1.165, 1.54) is 44.6 Å². The molecule has 3 rings (SSSR count). The number of hydrogen-bond donors (Lipinski definition) is 0. The summed E-state index contributed by atoms with van der Waals surface area (Å²) in [5.74, 6) is 1.15. The molecule has 0 amide bonds. The fourth-order valence-electron chi connectivity index (χ4n) is 3.66. The summed E-state index contributed by atoms with van der Waals surface area (Å²) in [5.41, 5.74) is 1.49. The normalized spacial score (nSPS) is 22.5. The van der Waals surface area contributed by atoms with Gasteiger partial charge in [-0.15, -0.1) is 0 Å². The Morgan fingerprint density at radius 2 is 1.61 bits per heavy atom. The van der Waals surface area contributed by atoms with Crippen molar-refractivity contribution in [3.8, 4) is 0 Å². The van der Waals surface area contributed by atoms with Crippen LogP contribution < -0.4 is 4.90 Å². The lowest BCUT2D eigenvalue weighted by molar-refractivity contribution is 0.0981. The van der Waals surface area contributed by atoms with Crippen molar-refractivity contribution in [3.63, 3.8) is 0 Å². The van der Waals surface area contributed by atoms with Gasteiger partial charge in [0.2, 0.25) is 0 Å². The van der Waals surface area contributed by atoms with E-state index in [-0.39, 0.29) is 5.41 Å². The van der Waals surface area contributed by atoms with Gasteiger partial charge in [0, 0.05) is 51.5 Å². The summed E-state index contributed by atoms with van der Waals surface area (Å²) in [7, 11) is 2.23. The molecule has 23 heavy (non-hydrogen) atoms. The largest absolute Gasteiger partial charge is 0.357 e. The molecule has 1 aromatic rings. The van der Waals surface area contributed by atoms with Gasteiger partial charge in [0.25, 0.3) is 0 Å². The number of aromatic nitrogens is 1. The molecule has 0 spiro atoms. The molecular formula is C19H32N4. The van der Waals surface area contributed by atoms with Gasteiger partial charge in [-0.25, -0.2) is 4.98 Å². The van der Waals surface area contributed by atoms with Gasteiger partial charge in [0.05, 0.1) is 0 Å². The van der Waals surface area contributed by atoms with Gasteiger partial charge in [-0.3, -0.25) is 4.90 Å². The molecule has 3 heterocycles. The third-order valence-corrected chi connectivity index (χ3v) is 5.46. The zero-order valence-electron chi connectivity index (χ0n) is 15.3. The third-order valence-electron chi connectivity index (χ3n) is 5.46. The standard InChI is InChI=1S/C19H32N4/c1-19(2,3)16-5-6-18(20-15-16)23-9-7-17(8-10-23)22-13-11-21(4)12-14-22/h5-6,15,17H,7-14H2,1-4H3. The highest BCUT2D eigenvalue weighted by molar-refractivity contribution is 5.41. The van der Waals surface area contributed by atoms with E-state index in [1.807, 2.05) is 0 Å². The second-order valence-corrected chi connectivity index (χ2v) is 8.21. The van der Waals surface area contributed by atoms with E-state index in [9.17, 15) is 0 Å². The van der Waals surface area contributed by atoms with Crippen LogP contribution in [0.4, 0.5) is 5.82 Å². The quantitative estimate of drug-likeness (QED) is 0.836. The van der Waals surface area contributed by atoms with E-state index in [4.69, 9.17) is 4.98 Å². The molecule has 2 saturated heterocycles. The highest BCUT2D eigenvalue weighted by Gasteiger charge is 2.27. The topological polar surface area (TPSA) is 22.6 Å². The van der Waals surface area contributed by atoms with E-state index in [0.717, 1.165) is 24.9 Å². The predicted molar refractivity (Wildman–Crippen MR) is 97.2 cm³/mol. The molecule has 4 nitrogen and oxygen atoms in total. The van der Waals surface area contributed by atoms with E-state index in [0.29, 0.717) is 0 Å². The molecule has 0 aromatic carbocycles. The molecule has 2 aliphatic heterocycles. The summed E-state index contributed by atoms with van der Waals surface area (Å²) in [6.45, 7) is 13.9. The Balaban J connectivity index is 1.54. The first-order chi connectivity index (χ1) is 10.9. The molecule has 2 fully saturated rings. The number of piperidine rings is 1. The average Bonchev–Trinajstić information content (AvgIpc) is 2.55. The zero-order chi connectivity index (χ0) is 16.4. The van der Waals surface area contributed by atoms with Crippen LogP contribution in [0, 0.1) is 0 Å². The summed E-state index contributed by atoms with van der Waals surface area (Å²) in [5, 5.41) is 0. The molecule has 128 valence electrons. The minimum absolute atomic E-state index is 0.181. The maximum atomic E-state index is 4.72. The molecule has 0 atom stereocenters. The molecule has 0 saturated carbocycles. The van der Waals surface area contributed by atoms with Crippen LogP contribution >= 0.6 is 0 Å². The van der Waals surface area contributed by atoms with Gasteiger partial charge in [-0.1, -0.05) is 26.8 Å². The summed E-state index contributed by atoms with van der Waals surface area (Å²) in [6.07, 6.45) is 4.60. The Labute approximate surface area is 141 Å². The number of pyridine rings is 1. The van der Waals surface area contributed by atoms with Crippen LogP contribution in [0.25, 0.3) is 0 Å². The Hall–Kier alpha value is -1.13. The first-order valence-electron chi connectivity index (χ1n) is 9.07. The van der Waals surface area contributed by atoms with E-state index >= 15 is 0 Å². The van der Waals surface area contributed by atoms with Crippen molar-refractivity contribution in [1.82, 2.24) is 14.8 Å². The summed E-state index contributed by atoms with van der Waals surface area (Å²) < 4.78 is 0. The van der Waals surface area contributed by atoms with E-state index in [1.54, 1.807) is 0 Å². The maximum Gasteiger partial charge on any atom is 0.128 e. The molecule has 0 N–H and O–H groups in total. The second kappa shape index (κ2) is 6.78. The van der Waals surface area contributed by atoms with Crippen LogP contribution in [0.1, 0.15) is 39.2 Å². The van der Waals surface area contributed by atoms with Crippen molar-refractivity contribution in [3.05, 3.63) is 23.9 Å². The highest BCUT2D eigenvalue weighted by atomic mass is 15.3. The number of rotatable bonds is 2. The fourth-order valence-corrected chi connectivity index (χ4v) is 3.66. The van der Waals surface area contributed by atoms with Gasteiger partial charge in [0.15, 0.2) is 0 Å². The molecule has 0 radical (unpaired) electrons. The van der Waals surface area contributed by atoms with Gasteiger partial charge in [-0.2, -0.15) is 0 Å². The van der Waals surface area contributed by atoms with E-state index in [2.05, 4.69) is 60.8 Å². The highest BCUT2D eigenvalue weighted by Crippen LogP contribution is 2.25. The van der Waals surface area contributed by atoms with Crippen molar-refractivity contribution in [2.24, 2.45) is 0 Å². The maximum absolute atomic E-state index is 4.72. The summed E-state index contributed by atoms with van der Waals surface area (Å²) in [6, 6.07) is 5.22. The van der Waals surface area contributed by atoms with Crippen LogP contribution in [-0.4, -0.2) is 67.1 Å². The lowest BCUT2D eigenvalue weighted by Gasteiger charge is -2.42. The van der Waals surface area contributed by atoms with Gasteiger partial charge in [0.1, 0.15) is 5.82 Å². The molecule has 0 aliphatic carbocycles. The van der Waals surface area contributed by atoms with Crippen LogP contribution in [0.5, 0.6) is 0 Å². The molecule has 1 aromatic heterocycles. The molecule has 4 heteroatoms. The van der Waals surface area contributed by atoms with E-state index < -0.39 is 0 Å². The smallest absolute Gasteiger partial charge is 0.128 e. The number of likely N-dealkylation sites (N-methyl/N-ethyl adjacent to an activating group) is 1. The predicted octanol–water partition coefficient (Wildman–Crippen LogP) is 2.60. The number of piperazine rings is 1. The summed E-state index contributed by atoms with van der Waals surface area (Å²) in [4.78, 5) is 12.3. The SMILES string of the molecule is CN1CCN(C2CCN(c3ccc(C(C)(C)C)cn3)CC2)CC1. The van der Waals surface area contributed by atoms with Gasteiger partial charge < -0.3 is 9.80 Å². The van der Waals surface area contributed by atoms with Crippen molar-refractivity contribution < 1.29 is 0 Å². The van der Waals surface area contributed by atoms with Crippen molar-refractivity contribution in [1.29, 1.82) is 0 Å². The van der Waals surface area contributed by atoms with Crippen molar-refractivity contribution >= 4 is 5.82 Å². The molecule has 2 aliphatic rings.